The van der Waals surface area contributed by atoms with Gasteiger partial charge in [0, 0.05) is 34.3 Å². The number of fused-ring (bicyclic) bond motifs is 10. The minimum atomic E-state index is 0.985. The lowest BCUT2D eigenvalue weighted by Gasteiger charge is -2.13. The molecule has 4 aromatic carbocycles. The Labute approximate surface area is 194 Å². The van der Waals surface area contributed by atoms with Crippen molar-refractivity contribution in [3.8, 4) is 11.1 Å². The zero-order valence-corrected chi connectivity index (χ0v) is 18.2. The number of rotatable bonds is 1. The fourth-order valence-electron chi connectivity index (χ4n) is 5.38. The van der Waals surface area contributed by atoms with Crippen molar-refractivity contribution in [3.63, 3.8) is 0 Å². The van der Waals surface area contributed by atoms with Crippen LogP contribution in [0.25, 0.3) is 66.0 Å². The van der Waals surface area contributed by atoms with Crippen LogP contribution in [0.1, 0.15) is 0 Å². The van der Waals surface area contributed by atoms with Gasteiger partial charge in [0.15, 0.2) is 0 Å². The van der Waals surface area contributed by atoms with Gasteiger partial charge in [-0.1, -0.05) is 72.8 Å². The van der Waals surface area contributed by atoms with E-state index in [1.54, 1.807) is 0 Å². The normalized spacial score (nSPS) is 12.1. The van der Waals surface area contributed by atoms with Crippen LogP contribution < -0.4 is 0 Å². The number of para-hydroxylation sites is 4. The van der Waals surface area contributed by atoms with Crippen LogP contribution in [0, 0.1) is 0 Å². The van der Waals surface area contributed by atoms with Crippen molar-refractivity contribution in [2.45, 2.75) is 0 Å². The molecule has 0 spiro atoms. The highest BCUT2D eigenvalue weighted by Gasteiger charge is 2.17. The highest BCUT2D eigenvalue weighted by Crippen LogP contribution is 2.38. The predicted molar refractivity (Wildman–Crippen MR) is 139 cm³/mol. The van der Waals surface area contributed by atoms with E-state index in [1.165, 1.54) is 21.9 Å². The quantitative estimate of drug-likeness (QED) is 0.272. The van der Waals surface area contributed by atoms with Crippen LogP contribution in [0.2, 0.25) is 0 Å². The van der Waals surface area contributed by atoms with Gasteiger partial charge in [0.1, 0.15) is 11.3 Å². The molecule has 8 rings (SSSR count). The molecule has 0 aliphatic heterocycles. The predicted octanol–water partition coefficient (Wildman–Crippen LogP) is 7.26. The average Bonchev–Trinajstić information content (AvgIpc) is 3.46. The van der Waals surface area contributed by atoms with Crippen LogP contribution >= 0.6 is 0 Å². The highest BCUT2D eigenvalue weighted by atomic mass is 15.0. The third kappa shape index (κ3) is 2.27. The second-order valence-corrected chi connectivity index (χ2v) is 8.76. The number of pyridine rings is 2. The standard InChI is InChI=1S/C30H18N4/c1-3-11-21-19(9-1)23(17-33-27-15-7-5-13-25(27)31-29(21)33)24-18-34-28-16-8-6-14-26(28)32-30(34)22-12-4-2-10-20(22)24/h1-18H. The van der Waals surface area contributed by atoms with Crippen LogP contribution in [0.5, 0.6) is 0 Å². The number of aromatic nitrogens is 4. The molecule has 158 valence electrons. The summed E-state index contributed by atoms with van der Waals surface area (Å²) in [5, 5.41) is 4.69. The maximum absolute atomic E-state index is 4.97. The monoisotopic (exact) mass is 434 g/mol. The van der Waals surface area contributed by atoms with Crippen molar-refractivity contribution in [2.24, 2.45) is 0 Å². The fourth-order valence-corrected chi connectivity index (χ4v) is 5.38. The van der Waals surface area contributed by atoms with E-state index in [9.17, 15) is 0 Å². The number of hydrogen-bond acceptors (Lipinski definition) is 2. The van der Waals surface area contributed by atoms with Gasteiger partial charge < -0.3 is 0 Å². The summed E-state index contributed by atoms with van der Waals surface area (Å²) in [5.74, 6) is 0. The van der Waals surface area contributed by atoms with Crippen LogP contribution in [0.4, 0.5) is 0 Å². The molecule has 0 aliphatic carbocycles. The molecule has 0 unspecified atom stereocenters. The molecule has 8 aromatic rings. The molecule has 0 atom stereocenters. The number of benzene rings is 4. The SMILES string of the molecule is c1ccc2c(c1)nc1c3ccccc3c(-c3cn4c5ccccc5nc4c4ccccc34)cn21. The van der Waals surface area contributed by atoms with E-state index < -0.39 is 0 Å². The van der Waals surface area contributed by atoms with E-state index in [2.05, 4.69) is 106 Å². The Bertz CT molecular complexity index is 1930. The molecule has 0 saturated heterocycles. The molecular formula is C30H18N4. The van der Waals surface area contributed by atoms with Crippen LogP contribution in [0.15, 0.2) is 109 Å². The lowest BCUT2D eigenvalue weighted by molar-refractivity contribution is 1.23. The lowest BCUT2D eigenvalue weighted by Crippen LogP contribution is -1.95. The molecule has 0 amide bonds. The molecule has 4 aromatic heterocycles. The van der Waals surface area contributed by atoms with Gasteiger partial charge in [-0.25, -0.2) is 9.97 Å². The van der Waals surface area contributed by atoms with Gasteiger partial charge in [0.05, 0.1) is 22.1 Å². The van der Waals surface area contributed by atoms with Crippen LogP contribution in [0.3, 0.4) is 0 Å². The van der Waals surface area contributed by atoms with Crippen molar-refractivity contribution in [3.05, 3.63) is 109 Å². The van der Waals surface area contributed by atoms with Crippen molar-refractivity contribution in [1.29, 1.82) is 0 Å². The summed E-state index contributed by atoms with van der Waals surface area (Å²) >= 11 is 0. The summed E-state index contributed by atoms with van der Waals surface area (Å²) in [4.78, 5) is 9.94. The molecule has 0 bridgehead atoms. The van der Waals surface area contributed by atoms with E-state index in [-0.39, 0.29) is 0 Å². The first-order valence-electron chi connectivity index (χ1n) is 11.4. The van der Waals surface area contributed by atoms with E-state index >= 15 is 0 Å². The average molecular weight is 435 g/mol. The third-order valence-corrected chi connectivity index (χ3v) is 6.91. The largest absolute Gasteiger partial charge is 0.298 e. The van der Waals surface area contributed by atoms with Gasteiger partial charge in [-0.3, -0.25) is 8.80 Å². The first kappa shape index (κ1) is 17.8. The zero-order valence-electron chi connectivity index (χ0n) is 18.2. The fraction of sp³-hybridized carbons (Fsp3) is 0. The van der Waals surface area contributed by atoms with Crippen molar-refractivity contribution >= 4 is 54.9 Å². The molecule has 0 fully saturated rings. The molecule has 0 radical (unpaired) electrons. The Hall–Kier alpha value is -4.70. The zero-order chi connectivity index (χ0) is 22.2. The lowest BCUT2D eigenvalue weighted by atomic mass is 9.97. The second-order valence-electron chi connectivity index (χ2n) is 8.76. The van der Waals surface area contributed by atoms with E-state index in [4.69, 9.17) is 9.97 Å². The van der Waals surface area contributed by atoms with Crippen molar-refractivity contribution in [1.82, 2.24) is 18.8 Å². The molecule has 0 N–H and O–H groups in total. The Morgan fingerprint density at radius 1 is 0.412 bits per heavy atom. The molecule has 4 heterocycles. The van der Waals surface area contributed by atoms with Crippen molar-refractivity contribution in [2.75, 3.05) is 0 Å². The summed E-state index contributed by atoms with van der Waals surface area (Å²) in [5.41, 5.74) is 8.57. The first-order valence-corrected chi connectivity index (χ1v) is 11.4. The molecule has 4 nitrogen and oxygen atoms in total. The molecule has 34 heavy (non-hydrogen) atoms. The second kappa shape index (κ2) is 6.42. The number of hydrogen-bond donors (Lipinski definition) is 0. The Morgan fingerprint density at radius 2 is 0.794 bits per heavy atom. The van der Waals surface area contributed by atoms with Gasteiger partial charge in [-0.15, -0.1) is 0 Å². The smallest absolute Gasteiger partial charge is 0.145 e. The first-order chi connectivity index (χ1) is 16.9. The Kier molecular flexibility index (Phi) is 3.36. The summed E-state index contributed by atoms with van der Waals surface area (Å²) in [7, 11) is 0. The highest BCUT2D eigenvalue weighted by molar-refractivity contribution is 6.12. The minimum Gasteiger partial charge on any atom is -0.298 e. The number of nitrogens with zero attached hydrogens (tertiary/aromatic N) is 4. The molecule has 0 saturated carbocycles. The third-order valence-electron chi connectivity index (χ3n) is 6.91. The van der Waals surface area contributed by atoms with Crippen molar-refractivity contribution < 1.29 is 0 Å². The van der Waals surface area contributed by atoms with E-state index in [1.807, 2.05) is 12.1 Å². The molecular weight excluding hydrogens is 416 g/mol. The summed E-state index contributed by atoms with van der Waals surface area (Å²) in [6.07, 6.45) is 4.50. The minimum absolute atomic E-state index is 0.985. The van der Waals surface area contributed by atoms with Gasteiger partial charge in [0.2, 0.25) is 0 Å². The summed E-state index contributed by atoms with van der Waals surface area (Å²) in [6.45, 7) is 0. The molecule has 0 aliphatic rings. The van der Waals surface area contributed by atoms with Crippen LogP contribution in [-0.4, -0.2) is 18.8 Å². The summed E-state index contributed by atoms with van der Waals surface area (Å²) in [6, 6.07) is 33.8. The number of imidazole rings is 2. The Morgan fingerprint density at radius 3 is 1.26 bits per heavy atom. The Balaban J connectivity index is 1.61. The maximum Gasteiger partial charge on any atom is 0.145 e. The van der Waals surface area contributed by atoms with Crippen LogP contribution in [-0.2, 0) is 0 Å². The maximum atomic E-state index is 4.97. The topological polar surface area (TPSA) is 34.6 Å². The van der Waals surface area contributed by atoms with Gasteiger partial charge >= 0.3 is 0 Å². The summed E-state index contributed by atoms with van der Waals surface area (Å²) < 4.78 is 4.47. The van der Waals surface area contributed by atoms with Gasteiger partial charge in [-0.2, -0.15) is 0 Å². The van der Waals surface area contributed by atoms with Gasteiger partial charge in [-0.05, 0) is 35.0 Å². The molecule has 4 heteroatoms. The van der Waals surface area contributed by atoms with Gasteiger partial charge in [0.25, 0.3) is 0 Å². The van der Waals surface area contributed by atoms with E-state index in [0.717, 1.165) is 44.1 Å². The van der Waals surface area contributed by atoms with E-state index in [0.29, 0.717) is 0 Å².